The van der Waals surface area contributed by atoms with Crippen LogP contribution in [-0.4, -0.2) is 15.0 Å². The van der Waals surface area contributed by atoms with E-state index in [2.05, 4.69) is 239 Å². The lowest BCUT2D eigenvalue weighted by Gasteiger charge is -2.35. The monoisotopic (exact) mass is 807 g/mol. The molecule has 0 amide bonds. The molecular weight excluding hydrogens is 763 g/mol. The maximum absolute atomic E-state index is 5.42. The highest BCUT2D eigenvalue weighted by Gasteiger charge is 2.46. The fraction of sp³-hybridized carbons (Fsp3) is 0.0833. The van der Waals surface area contributed by atoms with E-state index < -0.39 is 5.41 Å². The topological polar surface area (TPSA) is 38.7 Å². The van der Waals surface area contributed by atoms with E-state index in [1.54, 1.807) is 0 Å². The Morgan fingerprint density at radius 2 is 0.746 bits per heavy atom. The Labute approximate surface area is 369 Å². The number of nitrogens with zero attached hydrogens (tertiary/aromatic N) is 3. The Hall–Kier alpha value is -7.75. The number of aromatic nitrogens is 3. The largest absolute Gasteiger partial charge is 0.208 e. The Balaban J connectivity index is 1.17. The average molecular weight is 808 g/mol. The first kappa shape index (κ1) is 38.2. The fourth-order valence-corrected chi connectivity index (χ4v) is 9.54. The number of hydrogen-bond acceptors (Lipinski definition) is 3. The SMILES string of the molecule is CC(C)(C)c1ccc2c(c1)C(c1ccccc1)(c1ccccc1)c1cc(-c3nc(-c4cc(-c5ccccc5)cc(-c5ccccc5)c4)nc(-c4ccc5ccccc5c4)n3)ccc1-2. The molecule has 0 radical (unpaired) electrons. The average Bonchev–Trinajstić information content (AvgIpc) is 3.64. The lowest BCUT2D eigenvalue weighted by atomic mass is 9.67. The molecule has 0 atom stereocenters. The Bertz CT molecular complexity index is 3200. The molecule has 0 aliphatic heterocycles. The van der Waals surface area contributed by atoms with Crippen LogP contribution in [0.4, 0.5) is 0 Å². The molecule has 10 aromatic rings. The van der Waals surface area contributed by atoms with Gasteiger partial charge < -0.3 is 0 Å². The van der Waals surface area contributed by atoms with Crippen molar-refractivity contribution in [3.8, 4) is 67.5 Å². The third kappa shape index (κ3) is 6.74. The van der Waals surface area contributed by atoms with Crippen LogP contribution in [0, 0.1) is 0 Å². The van der Waals surface area contributed by atoms with E-state index in [4.69, 9.17) is 15.0 Å². The maximum Gasteiger partial charge on any atom is 0.164 e. The number of benzene rings is 9. The smallest absolute Gasteiger partial charge is 0.164 e. The molecule has 0 unspecified atom stereocenters. The molecule has 0 spiro atoms. The zero-order chi connectivity index (χ0) is 42.5. The Kier molecular flexibility index (Phi) is 9.28. The number of hydrogen-bond donors (Lipinski definition) is 0. The standard InChI is InChI=1S/C60H45N3/c1-59(2,3)51-31-33-53-52-32-30-45(38-54(52)60(55(53)39-51,49-24-12-6-13-25-49)50-26-14-7-15-27-50)57-61-56(44-29-28-42-22-16-17-23-43(42)34-44)62-58(63-57)48-36-46(40-18-8-4-9-19-40)35-47(37-48)41-20-10-5-11-21-41/h4-39H,1-3H3. The summed E-state index contributed by atoms with van der Waals surface area (Å²) in [7, 11) is 0. The summed E-state index contributed by atoms with van der Waals surface area (Å²) >= 11 is 0. The van der Waals surface area contributed by atoms with Crippen molar-refractivity contribution in [3.63, 3.8) is 0 Å². The third-order valence-corrected chi connectivity index (χ3v) is 12.7. The van der Waals surface area contributed by atoms with Crippen LogP contribution < -0.4 is 0 Å². The van der Waals surface area contributed by atoms with Crippen molar-refractivity contribution in [1.82, 2.24) is 15.0 Å². The van der Waals surface area contributed by atoms with Crippen molar-refractivity contribution in [2.45, 2.75) is 31.6 Å². The normalized spacial score (nSPS) is 12.8. The van der Waals surface area contributed by atoms with Crippen molar-refractivity contribution >= 4 is 10.8 Å². The van der Waals surface area contributed by atoms with E-state index in [0.29, 0.717) is 17.5 Å². The zero-order valence-corrected chi connectivity index (χ0v) is 35.6. The van der Waals surface area contributed by atoms with E-state index in [1.165, 1.54) is 44.3 Å². The van der Waals surface area contributed by atoms with Gasteiger partial charge in [-0.1, -0.05) is 209 Å². The van der Waals surface area contributed by atoms with Gasteiger partial charge in [0.2, 0.25) is 0 Å². The van der Waals surface area contributed by atoms with Crippen LogP contribution in [-0.2, 0) is 10.8 Å². The molecule has 11 rings (SSSR count). The lowest BCUT2D eigenvalue weighted by molar-refractivity contribution is 0.588. The summed E-state index contributed by atoms with van der Waals surface area (Å²) in [5.41, 5.74) is 15.3. The molecule has 1 heterocycles. The molecule has 0 N–H and O–H groups in total. The van der Waals surface area contributed by atoms with Gasteiger partial charge in [-0.2, -0.15) is 0 Å². The minimum Gasteiger partial charge on any atom is -0.208 e. The fourth-order valence-electron chi connectivity index (χ4n) is 9.54. The first-order valence-corrected chi connectivity index (χ1v) is 21.8. The van der Waals surface area contributed by atoms with Crippen molar-refractivity contribution in [2.75, 3.05) is 0 Å². The second-order valence-electron chi connectivity index (χ2n) is 17.7. The summed E-state index contributed by atoms with van der Waals surface area (Å²) in [4.78, 5) is 16.1. The van der Waals surface area contributed by atoms with E-state index in [1.807, 2.05) is 0 Å². The summed E-state index contributed by atoms with van der Waals surface area (Å²) in [5, 5.41) is 2.31. The highest BCUT2D eigenvalue weighted by atomic mass is 15.0. The van der Waals surface area contributed by atoms with Gasteiger partial charge in [-0.25, -0.2) is 15.0 Å². The van der Waals surface area contributed by atoms with Crippen molar-refractivity contribution in [2.24, 2.45) is 0 Å². The molecule has 0 saturated heterocycles. The van der Waals surface area contributed by atoms with E-state index in [0.717, 1.165) is 44.3 Å². The highest BCUT2D eigenvalue weighted by molar-refractivity contribution is 5.90. The minimum absolute atomic E-state index is 0.0350. The second kappa shape index (κ2) is 15.3. The summed E-state index contributed by atoms with van der Waals surface area (Å²) in [6.07, 6.45) is 0. The summed E-state index contributed by atoms with van der Waals surface area (Å²) in [5.74, 6) is 1.87. The molecule has 1 aliphatic carbocycles. The van der Waals surface area contributed by atoms with E-state index in [-0.39, 0.29) is 5.41 Å². The number of fused-ring (bicyclic) bond motifs is 4. The predicted molar refractivity (Wildman–Crippen MR) is 261 cm³/mol. The van der Waals surface area contributed by atoms with Gasteiger partial charge >= 0.3 is 0 Å². The molecule has 9 aromatic carbocycles. The molecule has 3 heteroatoms. The van der Waals surface area contributed by atoms with Gasteiger partial charge in [0.1, 0.15) is 0 Å². The van der Waals surface area contributed by atoms with E-state index >= 15 is 0 Å². The molecule has 300 valence electrons. The quantitative estimate of drug-likeness (QED) is 0.161. The molecule has 1 aromatic heterocycles. The first-order valence-electron chi connectivity index (χ1n) is 21.8. The van der Waals surface area contributed by atoms with Gasteiger partial charge in [-0.3, -0.25) is 0 Å². The Morgan fingerprint density at radius 3 is 1.30 bits per heavy atom. The third-order valence-electron chi connectivity index (χ3n) is 12.7. The van der Waals surface area contributed by atoms with Gasteiger partial charge in [0.15, 0.2) is 17.5 Å². The molecule has 0 fully saturated rings. The molecule has 0 saturated carbocycles. The van der Waals surface area contributed by atoms with Gasteiger partial charge in [0.05, 0.1) is 5.41 Å². The summed E-state index contributed by atoms with van der Waals surface area (Å²) in [6, 6.07) is 78.7. The zero-order valence-electron chi connectivity index (χ0n) is 35.6. The van der Waals surface area contributed by atoms with Crippen LogP contribution in [0.3, 0.4) is 0 Å². The lowest BCUT2D eigenvalue weighted by Crippen LogP contribution is -2.29. The summed E-state index contributed by atoms with van der Waals surface area (Å²) < 4.78 is 0. The molecular formula is C60H45N3. The second-order valence-corrected chi connectivity index (χ2v) is 17.7. The molecule has 0 bridgehead atoms. The minimum atomic E-state index is -0.587. The first-order chi connectivity index (χ1) is 30.8. The van der Waals surface area contributed by atoms with Crippen LogP contribution in [0.5, 0.6) is 0 Å². The van der Waals surface area contributed by atoms with Gasteiger partial charge in [-0.15, -0.1) is 0 Å². The molecule has 63 heavy (non-hydrogen) atoms. The maximum atomic E-state index is 5.42. The van der Waals surface area contributed by atoms with Crippen LogP contribution in [0.1, 0.15) is 48.6 Å². The highest BCUT2D eigenvalue weighted by Crippen LogP contribution is 2.57. The van der Waals surface area contributed by atoms with Gasteiger partial charge in [0.25, 0.3) is 0 Å². The van der Waals surface area contributed by atoms with Crippen molar-refractivity contribution in [3.05, 3.63) is 246 Å². The van der Waals surface area contributed by atoms with Crippen molar-refractivity contribution in [1.29, 1.82) is 0 Å². The molecule has 1 aliphatic rings. The summed E-state index contributed by atoms with van der Waals surface area (Å²) in [6.45, 7) is 6.89. The van der Waals surface area contributed by atoms with Crippen molar-refractivity contribution < 1.29 is 0 Å². The molecule has 3 nitrogen and oxygen atoms in total. The van der Waals surface area contributed by atoms with Gasteiger partial charge in [-0.05, 0) is 108 Å². The van der Waals surface area contributed by atoms with Gasteiger partial charge in [0, 0.05) is 16.7 Å². The van der Waals surface area contributed by atoms with Crippen LogP contribution in [0.15, 0.2) is 218 Å². The van der Waals surface area contributed by atoms with E-state index in [9.17, 15) is 0 Å². The number of rotatable bonds is 7. The Morgan fingerprint density at radius 1 is 0.317 bits per heavy atom. The van der Waals surface area contributed by atoms with Crippen LogP contribution in [0.2, 0.25) is 0 Å². The predicted octanol–water partition coefficient (Wildman–Crippen LogP) is 15.0. The van der Waals surface area contributed by atoms with Crippen LogP contribution in [0.25, 0.3) is 78.3 Å². The van der Waals surface area contributed by atoms with Crippen LogP contribution >= 0.6 is 0 Å².